The number of nitrogens with one attached hydrogen (secondary N) is 1. The van der Waals surface area contributed by atoms with Crippen LogP contribution in [0.3, 0.4) is 0 Å². The number of halogens is 1. The second kappa shape index (κ2) is 11.6. The Morgan fingerprint density at radius 2 is 1.83 bits per heavy atom. The summed E-state index contributed by atoms with van der Waals surface area (Å²) in [5, 5.41) is 14.5. The lowest BCUT2D eigenvalue weighted by molar-refractivity contribution is -0.384. The molecule has 1 saturated heterocycles. The third-order valence-electron chi connectivity index (χ3n) is 5.63. The maximum absolute atomic E-state index is 13.1. The zero-order valence-electron chi connectivity index (χ0n) is 19.0. The van der Waals surface area contributed by atoms with Gasteiger partial charge in [-0.15, -0.1) is 0 Å². The summed E-state index contributed by atoms with van der Waals surface area (Å²) in [6.07, 6.45) is 3.64. The van der Waals surface area contributed by atoms with Crippen LogP contribution in [0.25, 0.3) is 6.08 Å². The van der Waals surface area contributed by atoms with Gasteiger partial charge in [0.05, 0.1) is 4.92 Å². The van der Waals surface area contributed by atoms with Crippen molar-refractivity contribution in [1.82, 2.24) is 19.6 Å². The molecule has 1 aliphatic heterocycles. The summed E-state index contributed by atoms with van der Waals surface area (Å²) in [7, 11) is 0. The van der Waals surface area contributed by atoms with E-state index >= 15 is 0 Å². The zero-order chi connectivity index (χ0) is 24.6. The van der Waals surface area contributed by atoms with Crippen LogP contribution >= 0.6 is 11.5 Å². The minimum Gasteiger partial charge on any atom is -0.351 e. The lowest BCUT2D eigenvalue weighted by atomic mass is 10.1. The van der Waals surface area contributed by atoms with Crippen LogP contribution in [0, 0.1) is 15.9 Å². The number of hydrogen-bond donors (Lipinski definition) is 1. The van der Waals surface area contributed by atoms with E-state index in [2.05, 4.69) is 24.5 Å². The monoisotopic (exact) mass is 496 g/mol. The number of nitrogens with zero attached hydrogens (tertiary/aromatic N) is 5. The Hall–Kier alpha value is -3.70. The molecule has 0 aliphatic carbocycles. The minimum absolute atomic E-state index is 0.0169. The number of non-ortho nitro benzene ring substituents is 1. The number of amides is 1. The first kappa shape index (κ1) is 24.4. The standard InChI is InChI=1S/C24H25FN6O3S/c25-20-6-1-19(2-7-20)17-22-27-24(35-28-22)30-15-13-29(14-16-30)12-11-26-23(32)10-5-18-3-8-21(9-4-18)31(33)34/h1-10H,11-17H2,(H,26,32). The number of rotatable bonds is 9. The van der Waals surface area contributed by atoms with Crippen molar-refractivity contribution in [2.45, 2.75) is 6.42 Å². The van der Waals surface area contributed by atoms with E-state index in [1.165, 1.54) is 41.9 Å². The van der Waals surface area contributed by atoms with Gasteiger partial charge in [0.25, 0.3) is 5.69 Å². The van der Waals surface area contributed by atoms with Crippen molar-refractivity contribution in [3.8, 4) is 0 Å². The van der Waals surface area contributed by atoms with Gasteiger partial charge in [0.15, 0.2) is 0 Å². The summed E-state index contributed by atoms with van der Waals surface area (Å²) >= 11 is 1.38. The SMILES string of the molecule is O=C(C=Cc1ccc([N+](=O)[O-])cc1)NCCN1CCN(c2nc(Cc3ccc(F)cc3)ns2)CC1. The summed E-state index contributed by atoms with van der Waals surface area (Å²) in [5.74, 6) is 0.282. The molecule has 1 amide bonds. The van der Waals surface area contributed by atoms with Gasteiger partial charge in [-0.25, -0.2) is 9.37 Å². The summed E-state index contributed by atoms with van der Waals surface area (Å²) in [6.45, 7) is 4.67. The van der Waals surface area contributed by atoms with E-state index in [0.717, 1.165) is 54.8 Å². The molecule has 35 heavy (non-hydrogen) atoms. The van der Waals surface area contributed by atoms with Crippen molar-refractivity contribution in [3.05, 3.63) is 87.5 Å². The Morgan fingerprint density at radius 1 is 1.11 bits per heavy atom. The van der Waals surface area contributed by atoms with Crippen molar-refractivity contribution >= 4 is 34.3 Å². The smallest absolute Gasteiger partial charge is 0.269 e. The van der Waals surface area contributed by atoms with Gasteiger partial charge in [0.1, 0.15) is 11.6 Å². The quantitative estimate of drug-likeness (QED) is 0.276. The predicted molar refractivity (Wildman–Crippen MR) is 133 cm³/mol. The van der Waals surface area contributed by atoms with Crippen LogP contribution in [0.1, 0.15) is 17.0 Å². The highest BCUT2D eigenvalue weighted by Gasteiger charge is 2.20. The number of anilines is 1. The lowest BCUT2D eigenvalue weighted by Crippen LogP contribution is -2.48. The van der Waals surface area contributed by atoms with Crippen LogP contribution in [0.15, 0.2) is 54.6 Å². The number of carbonyl (C=O) groups is 1. The first-order valence-electron chi connectivity index (χ1n) is 11.2. The van der Waals surface area contributed by atoms with Crippen LogP contribution in [-0.2, 0) is 11.2 Å². The third-order valence-corrected chi connectivity index (χ3v) is 6.45. The molecule has 4 rings (SSSR count). The van der Waals surface area contributed by atoms with Crippen molar-refractivity contribution in [3.63, 3.8) is 0 Å². The first-order chi connectivity index (χ1) is 17.0. The predicted octanol–water partition coefficient (Wildman–Crippen LogP) is 3.13. The number of hydrogen-bond acceptors (Lipinski definition) is 8. The molecule has 2 heterocycles. The molecule has 1 aliphatic rings. The highest BCUT2D eigenvalue weighted by molar-refractivity contribution is 7.09. The van der Waals surface area contributed by atoms with Crippen LogP contribution in [0.5, 0.6) is 0 Å². The third kappa shape index (κ3) is 7.14. The molecule has 2 aromatic carbocycles. The van der Waals surface area contributed by atoms with Crippen LogP contribution in [-0.4, -0.2) is 64.4 Å². The molecule has 1 fully saturated rings. The molecule has 1 aromatic heterocycles. The average Bonchev–Trinajstić information content (AvgIpc) is 3.33. The van der Waals surface area contributed by atoms with Crippen molar-refractivity contribution in [2.24, 2.45) is 0 Å². The van der Waals surface area contributed by atoms with E-state index < -0.39 is 4.92 Å². The number of nitro benzene ring substituents is 1. The Bertz CT molecular complexity index is 1170. The summed E-state index contributed by atoms with van der Waals surface area (Å²) in [4.78, 5) is 31.4. The van der Waals surface area contributed by atoms with Crippen LogP contribution in [0.4, 0.5) is 15.2 Å². The number of nitro groups is 1. The summed E-state index contributed by atoms with van der Waals surface area (Å²) < 4.78 is 17.5. The van der Waals surface area contributed by atoms with E-state index in [-0.39, 0.29) is 17.4 Å². The molecular weight excluding hydrogens is 471 g/mol. The molecular formula is C24H25FN6O3S. The number of carbonyl (C=O) groups excluding carboxylic acids is 1. The molecule has 0 saturated carbocycles. The van der Waals surface area contributed by atoms with Gasteiger partial charge in [-0.3, -0.25) is 19.8 Å². The summed E-state index contributed by atoms with van der Waals surface area (Å²) in [5.41, 5.74) is 1.72. The molecule has 0 spiro atoms. The lowest BCUT2D eigenvalue weighted by Gasteiger charge is -2.34. The average molecular weight is 497 g/mol. The van der Waals surface area contributed by atoms with E-state index in [1.54, 1.807) is 30.3 Å². The molecule has 0 atom stereocenters. The van der Waals surface area contributed by atoms with E-state index in [1.807, 2.05) is 0 Å². The Labute approximate surface area is 206 Å². The van der Waals surface area contributed by atoms with Gasteiger partial charge in [0, 0.05) is 75.4 Å². The molecule has 0 bridgehead atoms. The van der Waals surface area contributed by atoms with Crippen molar-refractivity contribution < 1.29 is 14.1 Å². The van der Waals surface area contributed by atoms with Gasteiger partial charge in [-0.2, -0.15) is 4.37 Å². The van der Waals surface area contributed by atoms with E-state index in [0.29, 0.717) is 13.0 Å². The maximum atomic E-state index is 13.1. The molecule has 11 heteroatoms. The summed E-state index contributed by atoms with van der Waals surface area (Å²) in [6, 6.07) is 12.4. The van der Waals surface area contributed by atoms with Crippen LogP contribution < -0.4 is 10.2 Å². The number of aromatic nitrogens is 2. The number of piperazine rings is 1. The second-order valence-corrected chi connectivity index (χ2v) is 8.83. The van der Waals surface area contributed by atoms with E-state index in [4.69, 9.17) is 0 Å². The first-order valence-corrected chi connectivity index (χ1v) is 12.0. The Balaban J connectivity index is 1.16. The second-order valence-electron chi connectivity index (χ2n) is 8.10. The van der Waals surface area contributed by atoms with Crippen molar-refractivity contribution in [2.75, 3.05) is 44.2 Å². The highest BCUT2D eigenvalue weighted by Crippen LogP contribution is 2.20. The fraction of sp³-hybridized carbons (Fsp3) is 0.292. The fourth-order valence-corrected chi connectivity index (χ4v) is 4.40. The molecule has 3 aromatic rings. The zero-order valence-corrected chi connectivity index (χ0v) is 19.8. The number of benzene rings is 2. The van der Waals surface area contributed by atoms with Gasteiger partial charge < -0.3 is 10.2 Å². The largest absolute Gasteiger partial charge is 0.351 e. The van der Waals surface area contributed by atoms with Gasteiger partial charge in [-0.1, -0.05) is 12.1 Å². The topological polar surface area (TPSA) is 104 Å². The molecule has 0 radical (unpaired) electrons. The fourth-order valence-electron chi connectivity index (χ4n) is 3.67. The Morgan fingerprint density at radius 3 is 2.51 bits per heavy atom. The molecule has 182 valence electrons. The highest BCUT2D eigenvalue weighted by atomic mass is 32.1. The van der Waals surface area contributed by atoms with E-state index in [9.17, 15) is 19.3 Å². The van der Waals surface area contributed by atoms with Gasteiger partial charge in [0.2, 0.25) is 11.0 Å². The maximum Gasteiger partial charge on any atom is 0.269 e. The van der Waals surface area contributed by atoms with Crippen LogP contribution in [0.2, 0.25) is 0 Å². The van der Waals surface area contributed by atoms with Crippen molar-refractivity contribution in [1.29, 1.82) is 0 Å². The normalized spacial score (nSPS) is 14.4. The molecule has 9 nitrogen and oxygen atoms in total. The minimum atomic E-state index is -0.457. The molecule has 0 unspecified atom stereocenters. The molecule has 1 N–H and O–H groups in total. The van der Waals surface area contributed by atoms with Gasteiger partial charge in [-0.05, 0) is 41.5 Å². The Kier molecular flexibility index (Phi) is 8.11. The van der Waals surface area contributed by atoms with Gasteiger partial charge >= 0.3 is 0 Å².